The van der Waals surface area contributed by atoms with E-state index in [9.17, 15) is 0 Å². The Bertz CT molecular complexity index is 157. The minimum atomic E-state index is 0.277. The summed E-state index contributed by atoms with van der Waals surface area (Å²) in [7, 11) is 0. The van der Waals surface area contributed by atoms with Crippen LogP contribution in [0.4, 0.5) is 0 Å². The first-order chi connectivity index (χ1) is 5.04. The molecular formula is C8H16N2O. The molecule has 0 fully saturated rings. The summed E-state index contributed by atoms with van der Waals surface area (Å²) in [6.07, 6.45) is 0. The van der Waals surface area contributed by atoms with Crippen LogP contribution in [0.5, 0.6) is 0 Å². The first-order valence-corrected chi connectivity index (χ1v) is 3.62. The van der Waals surface area contributed by atoms with Crippen LogP contribution >= 0.6 is 0 Å². The molecule has 64 valence electrons. The summed E-state index contributed by atoms with van der Waals surface area (Å²) >= 11 is 0. The normalized spacial score (nSPS) is 11.8. The molecule has 0 saturated carbocycles. The number of rotatable bonds is 4. The number of aliphatic imine (C=N–C) groups is 1. The van der Waals surface area contributed by atoms with Crippen LogP contribution in [0.25, 0.3) is 0 Å². The van der Waals surface area contributed by atoms with Crippen LogP contribution in [-0.2, 0) is 4.74 Å². The third kappa shape index (κ3) is 5.45. The molecule has 0 bridgehead atoms. The topological polar surface area (TPSA) is 47.6 Å². The Morgan fingerprint density at radius 3 is 2.55 bits per heavy atom. The van der Waals surface area contributed by atoms with Gasteiger partial charge in [0.25, 0.3) is 0 Å². The highest BCUT2D eigenvalue weighted by Crippen LogP contribution is 2.07. The molecule has 11 heavy (non-hydrogen) atoms. The second-order valence-electron chi connectivity index (χ2n) is 2.69. The summed E-state index contributed by atoms with van der Waals surface area (Å²) in [5, 5.41) is 0. The first kappa shape index (κ1) is 10.0. The average molecular weight is 156 g/mol. The first-order valence-electron chi connectivity index (χ1n) is 3.62. The lowest BCUT2D eigenvalue weighted by Crippen LogP contribution is -2.07. The zero-order valence-corrected chi connectivity index (χ0v) is 7.42. The van der Waals surface area contributed by atoms with Crippen molar-refractivity contribution >= 4 is 5.84 Å². The SMILES string of the molecule is C=C(OC/N=C(/C)N)C(C)C. The molecule has 0 radical (unpaired) electrons. The number of ether oxygens (including phenoxy) is 1. The van der Waals surface area contributed by atoms with Crippen LogP contribution in [0.15, 0.2) is 17.3 Å². The summed E-state index contributed by atoms with van der Waals surface area (Å²) in [6, 6.07) is 0. The van der Waals surface area contributed by atoms with Gasteiger partial charge in [0, 0.05) is 5.92 Å². The van der Waals surface area contributed by atoms with E-state index >= 15 is 0 Å². The summed E-state index contributed by atoms with van der Waals surface area (Å²) in [5.41, 5.74) is 5.30. The lowest BCUT2D eigenvalue weighted by molar-refractivity contribution is 0.196. The fourth-order valence-corrected chi connectivity index (χ4v) is 0.384. The molecule has 0 aromatic heterocycles. The average Bonchev–Trinajstić information content (AvgIpc) is 1.86. The molecule has 0 heterocycles. The van der Waals surface area contributed by atoms with E-state index in [2.05, 4.69) is 11.6 Å². The Kier molecular flexibility index (Phi) is 4.34. The lowest BCUT2D eigenvalue weighted by Gasteiger charge is -2.09. The summed E-state index contributed by atoms with van der Waals surface area (Å²) in [5.74, 6) is 1.61. The molecule has 0 aromatic rings. The maximum atomic E-state index is 5.30. The standard InChI is InChI=1S/C8H16N2O/c1-6(2)7(3)11-5-10-8(4)9/h6H,3,5H2,1-2,4H3,(H2,9,10). The van der Waals surface area contributed by atoms with Gasteiger partial charge in [0.15, 0.2) is 6.73 Å². The van der Waals surface area contributed by atoms with E-state index in [1.54, 1.807) is 6.92 Å². The predicted molar refractivity (Wildman–Crippen MR) is 47.2 cm³/mol. The van der Waals surface area contributed by atoms with Gasteiger partial charge in [-0.25, -0.2) is 4.99 Å². The number of nitrogens with two attached hydrogens (primary N) is 1. The molecule has 3 nitrogen and oxygen atoms in total. The molecule has 0 aromatic carbocycles. The van der Waals surface area contributed by atoms with Crippen LogP contribution in [-0.4, -0.2) is 12.6 Å². The molecule has 0 spiro atoms. The van der Waals surface area contributed by atoms with Crippen LogP contribution in [0.1, 0.15) is 20.8 Å². The molecule has 0 atom stereocenters. The second-order valence-corrected chi connectivity index (χ2v) is 2.69. The third-order valence-corrected chi connectivity index (χ3v) is 1.21. The van der Waals surface area contributed by atoms with E-state index in [1.165, 1.54) is 0 Å². The van der Waals surface area contributed by atoms with Crippen molar-refractivity contribution in [3.63, 3.8) is 0 Å². The zero-order chi connectivity index (χ0) is 8.85. The Morgan fingerprint density at radius 1 is 1.64 bits per heavy atom. The van der Waals surface area contributed by atoms with E-state index < -0.39 is 0 Å². The fourth-order valence-electron chi connectivity index (χ4n) is 0.384. The van der Waals surface area contributed by atoms with E-state index in [1.807, 2.05) is 13.8 Å². The molecule has 0 aliphatic heterocycles. The van der Waals surface area contributed by atoms with E-state index in [-0.39, 0.29) is 6.73 Å². The summed E-state index contributed by atoms with van der Waals surface area (Å²) < 4.78 is 5.15. The predicted octanol–water partition coefficient (Wildman–Crippen LogP) is 1.51. The van der Waals surface area contributed by atoms with Gasteiger partial charge in [0.2, 0.25) is 0 Å². The fraction of sp³-hybridized carbons (Fsp3) is 0.625. The minimum Gasteiger partial charge on any atom is -0.476 e. The zero-order valence-electron chi connectivity index (χ0n) is 7.42. The van der Waals surface area contributed by atoms with Gasteiger partial charge in [0.1, 0.15) is 0 Å². The van der Waals surface area contributed by atoms with Gasteiger partial charge in [-0.05, 0) is 6.92 Å². The van der Waals surface area contributed by atoms with Crippen molar-refractivity contribution in [2.24, 2.45) is 16.6 Å². The van der Waals surface area contributed by atoms with Crippen LogP contribution < -0.4 is 5.73 Å². The van der Waals surface area contributed by atoms with Gasteiger partial charge in [-0.15, -0.1) is 0 Å². The van der Waals surface area contributed by atoms with Crippen molar-refractivity contribution in [1.82, 2.24) is 0 Å². The molecule has 0 amide bonds. The maximum absolute atomic E-state index is 5.30. The highest BCUT2D eigenvalue weighted by atomic mass is 16.5. The Morgan fingerprint density at radius 2 is 2.18 bits per heavy atom. The molecule has 0 aliphatic rings. The van der Waals surface area contributed by atoms with E-state index in [0.29, 0.717) is 11.8 Å². The molecule has 0 unspecified atom stereocenters. The van der Waals surface area contributed by atoms with Gasteiger partial charge >= 0.3 is 0 Å². The third-order valence-electron chi connectivity index (χ3n) is 1.21. The summed E-state index contributed by atoms with van der Waals surface area (Å²) in [4.78, 5) is 3.86. The maximum Gasteiger partial charge on any atom is 0.180 e. The molecule has 0 rings (SSSR count). The molecule has 3 heteroatoms. The van der Waals surface area contributed by atoms with Gasteiger partial charge in [-0.1, -0.05) is 20.4 Å². The van der Waals surface area contributed by atoms with Crippen molar-refractivity contribution in [2.45, 2.75) is 20.8 Å². The van der Waals surface area contributed by atoms with Crippen LogP contribution in [0.2, 0.25) is 0 Å². The smallest absolute Gasteiger partial charge is 0.180 e. The molecular weight excluding hydrogens is 140 g/mol. The van der Waals surface area contributed by atoms with Gasteiger partial charge in [0.05, 0.1) is 11.6 Å². The van der Waals surface area contributed by atoms with Crippen molar-refractivity contribution in [1.29, 1.82) is 0 Å². The molecule has 0 aliphatic carbocycles. The number of amidine groups is 1. The number of hydrogen-bond donors (Lipinski definition) is 1. The Hall–Kier alpha value is -0.990. The quantitative estimate of drug-likeness (QED) is 0.381. The molecule has 0 saturated heterocycles. The lowest BCUT2D eigenvalue weighted by atomic mass is 10.2. The van der Waals surface area contributed by atoms with Crippen molar-refractivity contribution < 1.29 is 4.74 Å². The van der Waals surface area contributed by atoms with Crippen molar-refractivity contribution in [3.8, 4) is 0 Å². The number of hydrogen-bond acceptors (Lipinski definition) is 2. The highest BCUT2D eigenvalue weighted by Gasteiger charge is 1.98. The Labute approximate surface area is 68.0 Å². The monoisotopic (exact) mass is 156 g/mol. The summed E-state index contributed by atoms with van der Waals surface area (Å²) in [6.45, 7) is 9.75. The van der Waals surface area contributed by atoms with E-state index in [0.717, 1.165) is 5.76 Å². The number of allylic oxidation sites excluding steroid dienone is 1. The van der Waals surface area contributed by atoms with Crippen molar-refractivity contribution in [2.75, 3.05) is 6.73 Å². The van der Waals surface area contributed by atoms with Crippen LogP contribution in [0, 0.1) is 5.92 Å². The Balaban J connectivity index is 3.56. The van der Waals surface area contributed by atoms with Gasteiger partial charge in [-0.3, -0.25) is 0 Å². The van der Waals surface area contributed by atoms with Gasteiger partial charge in [-0.2, -0.15) is 0 Å². The van der Waals surface area contributed by atoms with Crippen LogP contribution in [0.3, 0.4) is 0 Å². The van der Waals surface area contributed by atoms with Crippen molar-refractivity contribution in [3.05, 3.63) is 12.3 Å². The minimum absolute atomic E-state index is 0.277. The highest BCUT2D eigenvalue weighted by molar-refractivity contribution is 5.77. The largest absolute Gasteiger partial charge is 0.476 e. The second kappa shape index (κ2) is 4.77. The molecule has 2 N–H and O–H groups in total. The van der Waals surface area contributed by atoms with E-state index in [4.69, 9.17) is 10.5 Å². The van der Waals surface area contributed by atoms with Gasteiger partial charge < -0.3 is 10.5 Å². The number of nitrogens with zero attached hydrogens (tertiary/aromatic N) is 1.